The minimum absolute atomic E-state index is 0.0359. The van der Waals surface area contributed by atoms with Crippen molar-refractivity contribution in [2.75, 3.05) is 23.4 Å². The molecule has 0 atom stereocenters. The Morgan fingerprint density at radius 3 is 2.58 bits per heavy atom. The number of para-hydroxylation sites is 2. The van der Waals surface area contributed by atoms with Gasteiger partial charge in [0.25, 0.3) is 5.69 Å². The second-order valence-corrected chi connectivity index (χ2v) is 6.72. The van der Waals surface area contributed by atoms with Gasteiger partial charge in [0, 0.05) is 19.0 Å². The van der Waals surface area contributed by atoms with Crippen molar-refractivity contribution in [3.8, 4) is 0 Å². The van der Waals surface area contributed by atoms with Crippen LogP contribution >= 0.6 is 11.8 Å². The Kier molecular flexibility index (Phi) is 6.02. The Morgan fingerprint density at radius 2 is 1.96 bits per heavy atom. The number of nitro benzene ring substituents is 1. The highest BCUT2D eigenvalue weighted by atomic mass is 32.2. The molecule has 0 spiro atoms. The van der Waals surface area contributed by atoms with Gasteiger partial charge in [-0.1, -0.05) is 12.1 Å². The minimum Gasteiger partial charge on any atom is -0.480 e. The van der Waals surface area contributed by atoms with E-state index in [0.717, 1.165) is 0 Å². The van der Waals surface area contributed by atoms with Gasteiger partial charge in [0.1, 0.15) is 11.2 Å². The number of nitrogens with one attached hydrogen (secondary N) is 2. The molecule has 1 aliphatic rings. The summed E-state index contributed by atoms with van der Waals surface area (Å²) in [6, 6.07) is 6.16. The van der Waals surface area contributed by atoms with E-state index in [9.17, 15) is 24.8 Å². The normalized spacial score (nSPS) is 16.2. The third-order valence-electron chi connectivity index (χ3n) is 3.90. The first-order valence-corrected chi connectivity index (χ1v) is 8.69. The number of rotatable bonds is 7. The lowest BCUT2D eigenvalue weighted by Crippen LogP contribution is -2.56. The van der Waals surface area contributed by atoms with Gasteiger partial charge in [0.05, 0.1) is 4.92 Å². The van der Waals surface area contributed by atoms with Crippen molar-refractivity contribution in [3.63, 3.8) is 0 Å². The number of nitro groups is 1. The third-order valence-corrected chi connectivity index (χ3v) is 4.89. The SMILES string of the molecule is O=C(CCNc1ccccc1[N+](=O)[O-])NC1(C(=O)O)CCSCC1. The summed E-state index contributed by atoms with van der Waals surface area (Å²) >= 11 is 1.67. The van der Waals surface area contributed by atoms with Crippen LogP contribution in [0.4, 0.5) is 11.4 Å². The number of carbonyl (C=O) groups is 2. The predicted molar refractivity (Wildman–Crippen MR) is 91.3 cm³/mol. The van der Waals surface area contributed by atoms with Gasteiger partial charge in [-0.2, -0.15) is 11.8 Å². The summed E-state index contributed by atoms with van der Waals surface area (Å²) in [7, 11) is 0. The number of hydrogen-bond acceptors (Lipinski definition) is 6. The first-order chi connectivity index (χ1) is 11.4. The van der Waals surface area contributed by atoms with E-state index < -0.39 is 16.4 Å². The van der Waals surface area contributed by atoms with Crippen molar-refractivity contribution in [2.45, 2.75) is 24.8 Å². The molecular formula is C15H19N3O5S. The third kappa shape index (κ3) is 4.38. The van der Waals surface area contributed by atoms with Crippen molar-refractivity contribution >= 4 is 35.0 Å². The molecule has 0 unspecified atom stereocenters. The maximum absolute atomic E-state index is 12.1. The molecule has 1 amide bonds. The smallest absolute Gasteiger partial charge is 0.329 e. The molecule has 1 aliphatic heterocycles. The lowest BCUT2D eigenvalue weighted by atomic mass is 9.92. The first kappa shape index (κ1) is 18.1. The lowest BCUT2D eigenvalue weighted by molar-refractivity contribution is -0.384. The number of hydrogen-bond donors (Lipinski definition) is 3. The largest absolute Gasteiger partial charge is 0.480 e. The topological polar surface area (TPSA) is 122 Å². The second-order valence-electron chi connectivity index (χ2n) is 5.50. The average molecular weight is 353 g/mol. The Bertz CT molecular complexity index is 631. The number of benzene rings is 1. The van der Waals surface area contributed by atoms with Crippen LogP contribution in [0.25, 0.3) is 0 Å². The summed E-state index contributed by atoms with van der Waals surface area (Å²) in [5.74, 6) is 0.000388. The average Bonchev–Trinajstić information content (AvgIpc) is 2.55. The fraction of sp³-hybridized carbons (Fsp3) is 0.467. The van der Waals surface area contributed by atoms with Crippen LogP contribution in [0.5, 0.6) is 0 Å². The van der Waals surface area contributed by atoms with Crippen LogP contribution in [0.15, 0.2) is 24.3 Å². The molecule has 0 saturated carbocycles. The molecule has 24 heavy (non-hydrogen) atoms. The van der Waals surface area contributed by atoms with Crippen molar-refractivity contribution in [1.82, 2.24) is 5.32 Å². The number of aliphatic carboxylic acids is 1. The summed E-state index contributed by atoms with van der Waals surface area (Å²) in [6.45, 7) is 0.182. The van der Waals surface area contributed by atoms with Crippen LogP contribution in [-0.2, 0) is 9.59 Å². The molecular weight excluding hydrogens is 334 g/mol. The van der Waals surface area contributed by atoms with E-state index in [1.54, 1.807) is 30.0 Å². The first-order valence-electron chi connectivity index (χ1n) is 7.54. The Balaban J connectivity index is 1.89. The van der Waals surface area contributed by atoms with E-state index in [2.05, 4.69) is 10.6 Å². The quantitative estimate of drug-likeness (QED) is 0.505. The van der Waals surface area contributed by atoms with E-state index in [4.69, 9.17) is 0 Å². The molecule has 3 N–H and O–H groups in total. The van der Waals surface area contributed by atoms with Crippen LogP contribution in [-0.4, -0.2) is 45.5 Å². The van der Waals surface area contributed by atoms with Crippen LogP contribution in [0.3, 0.4) is 0 Å². The number of anilines is 1. The predicted octanol–water partition coefficient (Wildman–Crippen LogP) is 1.86. The van der Waals surface area contributed by atoms with Crippen LogP contribution in [0, 0.1) is 10.1 Å². The Hall–Kier alpha value is -2.29. The monoisotopic (exact) mass is 353 g/mol. The maximum Gasteiger partial charge on any atom is 0.329 e. The van der Waals surface area contributed by atoms with Crippen molar-refractivity contribution in [2.24, 2.45) is 0 Å². The summed E-state index contributed by atoms with van der Waals surface area (Å²) in [6.07, 6.45) is 0.834. The fourth-order valence-electron chi connectivity index (χ4n) is 2.53. The molecule has 1 heterocycles. The van der Waals surface area contributed by atoms with E-state index in [1.807, 2.05) is 0 Å². The fourth-order valence-corrected chi connectivity index (χ4v) is 3.72. The van der Waals surface area contributed by atoms with E-state index >= 15 is 0 Å². The van der Waals surface area contributed by atoms with E-state index in [0.29, 0.717) is 30.0 Å². The second kappa shape index (κ2) is 8.00. The summed E-state index contributed by atoms with van der Waals surface area (Å²) < 4.78 is 0. The minimum atomic E-state index is -1.19. The molecule has 1 fully saturated rings. The number of nitrogens with zero attached hydrogens (tertiary/aromatic N) is 1. The standard InChI is InChI=1S/C15H19N3O5S/c19-13(17-15(14(20)21)6-9-24-10-7-15)5-8-16-11-3-1-2-4-12(11)18(22)23/h1-4,16H,5-10H2,(H,17,19)(H,20,21). The molecule has 1 aromatic rings. The number of amides is 1. The molecule has 9 heteroatoms. The van der Waals surface area contributed by atoms with Gasteiger partial charge < -0.3 is 15.7 Å². The van der Waals surface area contributed by atoms with Crippen molar-refractivity contribution in [3.05, 3.63) is 34.4 Å². The Labute approximate surface area is 143 Å². The van der Waals surface area contributed by atoms with Crippen LogP contribution < -0.4 is 10.6 Å². The van der Waals surface area contributed by atoms with Crippen molar-refractivity contribution < 1.29 is 19.6 Å². The molecule has 2 rings (SSSR count). The number of carboxylic acid groups (broad SMARTS) is 1. The molecule has 0 bridgehead atoms. The highest BCUT2D eigenvalue weighted by Crippen LogP contribution is 2.27. The van der Waals surface area contributed by atoms with Gasteiger partial charge in [-0.3, -0.25) is 14.9 Å². The van der Waals surface area contributed by atoms with E-state index in [1.165, 1.54) is 6.07 Å². The van der Waals surface area contributed by atoms with Gasteiger partial charge in [0.2, 0.25) is 5.91 Å². The van der Waals surface area contributed by atoms with Gasteiger partial charge in [0.15, 0.2) is 0 Å². The zero-order chi connectivity index (χ0) is 17.6. The van der Waals surface area contributed by atoms with E-state index in [-0.39, 0.29) is 24.6 Å². The van der Waals surface area contributed by atoms with Crippen LogP contribution in [0.2, 0.25) is 0 Å². The number of carboxylic acids is 1. The Morgan fingerprint density at radius 1 is 1.29 bits per heavy atom. The molecule has 0 aliphatic carbocycles. The molecule has 8 nitrogen and oxygen atoms in total. The number of thioether (sulfide) groups is 1. The molecule has 1 aromatic carbocycles. The lowest BCUT2D eigenvalue weighted by Gasteiger charge is -2.33. The molecule has 1 saturated heterocycles. The van der Waals surface area contributed by atoms with Gasteiger partial charge >= 0.3 is 5.97 Å². The summed E-state index contributed by atoms with van der Waals surface area (Å²) in [5.41, 5.74) is -0.928. The van der Waals surface area contributed by atoms with Gasteiger partial charge in [-0.15, -0.1) is 0 Å². The van der Waals surface area contributed by atoms with Gasteiger partial charge in [-0.05, 0) is 30.4 Å². The highest BCUT2D eigenvalue weighted by molar-refractivity contribution is 7.99. The van der Waals surface area contributed by atoms with Crippen molar-refractivity contribution in [1.29, 1.82) is 0 Å². The van der Waals surface area contributed by atoms with Gasteiger partial charge in [-0.25, -0.2) is 4.79 Å². The molecule has 0 radical (unpaired) electrons. The molecule has 130 valence electrons. The van der Waals surface area contributed by atoms with Crippen LogP contribution in [0.1, 0.15) is 19.3 Å². The summed E-state index contributed by atoms with van der Waals surface area (Å²) in [4.78, 5) is 34.0. The zero-order valence-corrected chi connectivity index (χ0v) is 13.8. The maximum atomic E-state index is 12.1. The molecule has 0 aromatic heterocycles. The summed E-state index contributed by atoms with van der Waals surface area (Å²) in [5, 5.41) is 25.8. The number of carbonyl (C=O) groups excluding carboxylic acids is 1. The highest BCUT2D eigenvalue weighted by Gasteiger charge is 2.41. The zero-order valence-electron chi connectivity index (χ0n) is 13.0.